The maximum absolute atomic E-state index is 5.80. The van der Waals surface area contributed by atoms with Crippen LogP contribution in [0.25, 0.3) is 0 Å². The lowest BCUT2D eigenvalue weighted by Gasteiger charge is -2.41. The molecular formula is C10H22N2S. The lowest BCUT2D eigenvalue weighted by Crippen LogP contribution is -2.53. The van der Waals surface area contributed by atoms with E-state index in [1.165, 1.54) is 24.5 Å². The van der Waals surface area contributed by atoms with Crippen LogP contribution in [0.3, 0.4) is 0 Å². The van der Waals surface area contributed by atoms with Crippen molar-refractivity contribution in [3.8, 4) is 0 Å². The molecule has 0 aromatic rings. The van der Waals surface area contributed by atoms with Gasteiger partial charge in [-0.3, -0.25) is 4.90 Å². The minimum absolute atomic E-state index is 0.171. The second-order valence-corrected chi connectivity index (χ2v) is 5.68. The van der Waals surface area contributed by atoms with Crippen LogP contribution in [0, 0.1) is 0 Å². The van der Waals surface area contributed by atoms with Crippen LogP contribution >= 0.6 is 11.8 Å². The number of hydrogen-bond acceptors (Lipinski definition) is 3. The summed E-state index contributed by atoms with van der Waals surface area (Å²) in [4.78, 5) is 2.56. The molecule has 0 amide bonds. The van der Waals surface area contributed by atoms with Crippen LogP contribution in [0.4, 0.5) is 0 Å². The summed E-state index contributed by atoms with van der Waals surface area (Å²) in [5, 5.41) is 0. The molecule has 1 aliphatic heterocycles. The topological polar surface area (TPSA) is 29.3 Å². The molecule has 78 valence electrons. The third kappa shape index (κ3) is 2.86. The quantitative estimate of drug-likeness (QED) is 0.737. The fourth-order valence-corrected chi connectivity index (χ4v) is 2.95. The fourth-order valence-electron chi connectivity index (χ4n) is 1.91. The van der Waals surface area contributed by atoms with Crippen molar-refractivity contribution < 1.29 is 0 Å². The highest BCUT2D eigenvalue weighted by molar-refractivity contribution is 7.99. The maximum Gasteiger partial charge on any atom is 0.0278 e. The highest BCUT2D eigenvalue weighted by atomic mass is 32.2. The van der Waals surface area contributed by atoms with Gasteiger partial charge < -0.3 is 5.73 Å². The zero-order chi connectivity index (χ0) is 9.90. The van der Waals surface area contributed by atoms with Crippen molar-refractivity contribution in [3.05, 3.63) is 0 Å². The minimum Gasteiger partial charge on any atom is -0.329 e. The molecule has 1 saturated heterocycles. The third-order valence-corrected chi connectivity index (χ3v) is 3.96. The first-order chi connectivity index (χ1) is 6.08. The summed E-state index contributed by atoms with van der Waals surface area (Å²) in [6.07, 6.45) is 1.30. The van der Waals surface area contributed by atoms with Gasteiger partial charge >= 0.3 is 0 Å². The van der Waals surface area contributed by atoms with Gasteiger partial charge in [-0.05, 0) is 32.9 Å². The summed E-state index contributed by atoms with van der Waals surface area (Å²) >= 11 is 2.07. The first-order valence-corrected chi connectivity index (χ1v) is 6.28. The Balaban J connectivity index is 2.63. The van der Waals surface area contributed by atoms with Crippen LogP contribution in [0.2, 0.25) is 0 Å². The summed E-state index contributed by atoms with van der Waals surface area (Å²) in [7, 11) is 0. The molecule has 0 radical (unpaired) electrons. The zero-order valence-electron chi connectivity index (χ0n) is 9.05. The van der Waals surface area contributed by atoms with Gasteiger partial charge in [-0.15, -0.1) is 0 Å². The van der Waals surface area contributed by atoms with Gasteiger partial charge in [0.2, 0.25) is 0 Å². The van der Waals surface area contributed by atoms with Crippen LogP contribution in [0.15, 0.2) is 0 Å². The van der Waals surface area contributed by atoms with E-state index in [9.17, 15) is 0 Å². The Morgan fingerprint density at radius 2 is 2.15 bits per heavy atom. The smallest absolute Gasteiger partial charge is 0.0278 e. The number of nitrogens with zero attached hydrogens (tertiary/aromatic N) is 1. The van der Waals surface area contributed by atoms with Gasteiger partial charge in [0.1, 0.15) is 0 Å². The van der Waals surface area contributed by atoms with Crippen LogP contribution in [-0.2, 0) is 0 Å². The lowest BCUT2D eigenvalue weighted by molar-refractivity contribution is 0.0910. The molecule has 1 heterocycles. The van der Waals surface area contributed by atoms with Gasteiger partial charge in [0.15, 0.2) is 0 Å². The Hall–Kier alpha value is 0.270. The van der Waals surface area contributed by atoms with Crippen molar-refractivity contribution in [1.29, 1.82) is 0 Å². The maximum atomic E-state index is 5.80. The van der Waals surface area contributed by atoms with E-state index in [-0.39, 0.29) is 5.54 Å². The highest BCUT2D eigenvalue weighted by Gasteiger charge is 2.29. The second-order valence-electron chi connectivity index (χ2n) is 4.46. The van der Waals surface area contributed by atoms with Crippen molar-refractivity contribution in [1.82, 2.24) is 4.90 Å². The van der Waals surface area contributed by atoms with Crippen molar-refractivity contribution in [2.45, 2.75) is 38.8 Å². The van der Waals surface area contributed by atoms with Crippen LogP contribution in [0.1, 0.15) is 27.2 Å². The second kappa shape index (κ2) is 4.67. The average Bonchev–Trinajstić information content (AvgIpc) is 2.30. The van der Waals surface area contributed by atoms with Crippen molar-refractivity contribution in [2.75, 3.05) is 24.6 Å². The standard InChI is InChI=1S/C10H22N2S/c1-9-4-6-13-7-5-12(9)10(2,3)8-11/h9H,4-8,11H2,1-3H3. The molecule has 0 bridgehead atoms. The fraction of sp³-hybridized carbons (Fsp3) is 1.00. The van der Waals surface area contributed by atoms with Gasteiger partial charge in [0.05, 0.1) is 0 Å². The van der Waals surface area contributed by atoms with Crippen LogP contribution in [-0.4, -0.2) is 41.1 Å². The molecule has 0 aromatic carbocycles. The highest BCUT2D eigenvalue weighted by Crippen LogP contribution is 2.23. The summed E-state index contributed by atoms with van der Waals surface area (Å²) in [6.45, 7) is 8.76. The molecular weight excluding hydrogens is 180 g/mol. The first kappa shape index (κ1) is 11.3. The van der Waals surface area contributed by atoms with Gasteiger partial charge in [-0.2, -0.15) is 11.8 Å². The van der Waals surface area contributed by atoms with Crippen LogP contribution in [0.5, 0.6) is 0 Å². The van der Waals surface area contributed by atoms with E-state index >= 15 is 0 Å². The number of hydrogen-bond donors (Lipinski definition) is 1. The van der Waals surface area contributed by atoms with E-state index in [1.54, 1.807) is 0 Å². The molecule has 13 heavy (non-hydrogen) atoms. The van der Waals surface area contributed by atoms with Crippen LogP contribution < -0.4 is 5.73 Å². The largest absolute Gasteiger partial charge is 0.329 e. The molecule has 2 nitrogen and oxygen atoms in total. The lowest BCUT2D eigenvalue weighted by atomic mass is 10.00. The van der Waals surface area contributed by atoms with E-state index < -0.39 is 0 Å². The Kier molecular flexibility index (Phi) is 4.07. The predicted molar refractivity (Wildman–Crippen MR) is 61.2 cm³/mol. The monoisotopic (exact) mass is 202 g/mol. The van der Waals surface area contributed by atoms with Crippen molar-refractivity contribution in [2.24, 2.45) is 5.73 Å². The summed E-state index contributed by atoms with van der Waals surface area (Å²) in [5.74, 6) is 2.56. The molecule has 1 unspecified atom stereocenters. The first-order valence-electron chi connectivity index (χ1n) is 5.12. The summed E-state index contributed by atoms with van der Waals surface area (Å²) in [5.41, 5.74) is 5.97. The molecule has 0 spiro atoms. The van der Waals surface area contributed by atoms with Gasteiger partial charge in [-0.25, -0.2) is 0 Å². The SMILES string of the molecule is CC1CCSCCN1C(C)(C)CN. The van der Waals surface area contributed by atoms with Crippen molar-refractivity contribution in [3.63, 3.8) is 0 Å². The average molecular weight is 202 g/mol. The normalized spacial score (nSPS) is 27.2. The van der Waals surface area contributed by atoms with Crippen molar-refractivity contribution >= 4 is 11.8 Å². The minimum atomic E-state index is 0.171. The molecule has 0 saturated carbocycles. The molecule has 1 atom stereocenters. The molecule has 1 rings (SSSR count). The summed E-state index contributed by atoms with van der Waals surface area (Å²) in [6, 6.07) is 0.688. The molecule has 1 fully saturated rings. The molecule has 0 aliphatic carbocycles. The zero-order valence-corrected chi connectivity index (χ0v) is 9.86. The molecule has 2 N–H and O–H groups in total. The van der Waals surface area contributed by atoms with Gasteiger partial charge in [-0.1, -0.05) is 0 Å². The Morgan fingerprint density at radius 1 is 1.46 bits per heavy atom. The number of nitrogens with two attached hydrogens (primary N) is 1. The van der Waals surface area contributed by atoms with Gasteiger partial charge in [0, 0.05) is 30.4 Å². The number of thioether (sulfide) groups is 1. The van der Waals surface area contributed by atoms with Gasteiger partial charge in [0.25, 0.3) is 0 Å². The van der Waals surface area contributed by atoms with E-state index in [2.05, 4.69) is 37.4 Å². The molecule has 0 aromatic heterocycles. The molecule has 3 heteroatoms. The van der Waals surface area contributed by atoms with E-state index in [4.69, 9.17) is 5.73 Å². The van der Waals surface area contributed by atoms with E-state index in [0.717, 1.165) is 6.54 Å². The van der Waals surface area contributed by atoms with E-state index in [0.29, 0.717) is 6.04 Å². The Bertz CT molecular complexity index is 159. The van der Waals surface area contributed by atoms with E-state index in [1.807, 2.05) is 0 Å². The molecule has 1 aliphatic rings. The summed E-state index contributed by atoms with van der Waals surface area (Å²) < 4.78 is 0. The Labute approximate surface area is 86.2 Å². The Morgan fingerprint density at radius 3 is 2.77 bits per heavy atom. The third-order valence-electron chi connectivity index (χ3n) is 2.97. The predicted octanol–water partition coefficient (Wildman–Crippen LogP) is 1.55. The number of rotatable bonds is 2.